The first kappa shape index (κ1) is 15.7. The predicted molar refractivity (Wildman–Crippen MR) is 101 cm³/mol. The average molecular weight is 354 g/mol. The Morgan fingerprint density at radius 3 is 2.80 bits per heavy atom. The van der Waals surface area contributed by atoms with Crippen molar-refractivity contribution in [3.05, 3.63) is 64.2 Å². The topological polar surface area (TPSA) is 60.1 Å². The Labute approximate surface area is 148 Å². The Morgan fingerprint density at radius 2 is 2.04 bits per heavy atom. The molecular weight excluding hydrogens is 338 g/mol. The molecular formula is C19H16ClN3O2. The molecule has 6 heteroatoms. The molecule has 0 unspecified atom stereocenters. The maximum atomic E-state index is 12.7. The third kappa shape index (κ3) is 2.57. The lowest BCUT2D eigenvalue weighted by Crippen LogP contribution is -2.23. The van der Waals surface area contributed by atoms with Crippen LogP contribution in [0, 0.1) is 0 Å². The van der Waals surface area contributed by atoms with E-state index in [1.807, 2.05) is 36.4 Å². The largest absolute Gasteiger partial charge is 0.463 e. The quantitative estimate of drug-likeness (QED) is 0.582. The molecule has 1 N–H and O–H groups in total. The molecule has 0 radical (unpaired) electrons. The van der Waals surface area contributed by atoms with Gasteiger partial charge in [-0.15, -0.1) is 0 Å². The second-order valence-electron chi connectivity index (χ2n) is 5.76. The van der Waals surface area contributed by atoms with Gasteiger partial charge in [0.1, 0.15) is 11.4 Å². The molecule has 0 atom stereocenters. The van der Waals surface area contributed by atoms with Crippen LogP contribution >= 0.6 is 11.6 Å². The zero-order valence-corrected chi connectivity index (χ0v) is 14.4. The van der Waals surface area contributed by atoms with E-state index in [9.17, 15) is 4.79 Å². The zero-order valence-electron chi connectivity index (χ0n) is 13.6. The number of rotatable bonds is 4. The first-order chi connectivity index (χ1) is 12.2. The monoisotopic (exact) mass is 353 g/mol. The van der Waals surface area contributed by atoms with Gasteiger partial charge in [-0.05, 0) is 30.7 Å². The van der Waals surface area contributed by atoms with Gasteiger partial charge >= 0.3 is 5.69 Å². The molecule has 0 fully saturated rings. The Bertz CT molecular complexity index is 1120. The van der Waals surface area contributed by atoms with Gasteiger partial charge in [-0.2, -0.15) is 4.98 Å². The number of hydrogen-bond acceptors (Lipinski definition) is 4. The molecule has 0 saturated carbocycles. The van der Waals surface area contributed by atoms with E-state index in [2.05, 4.69) is 17.2 Å². The highest BCUT2D eigenvalue weighted by Gasteiger charge is 2.18. The zero-order chi connectivity index (χ0) is 17.4. The Morgan fingerprint density at radius 1 is 1.24 bits per heavy atom. The number of furan rings is 1. The molecule has 0 spiro atoms. The number of fused-ring (bicyclic) bond motifs is 3. The third-order valence-corrected chi connectivity index (χ3v) is 4.42. The van der Waals surface area contributed by atoms with Crippen LogP contribution in [0.1, 0.15) is 13.3 Å². The summed E-state index contributed by atoms with van der Waals surface area (Å²) in [6, 6.07) is 13.0. The van der Waals surface area contributed by atoms with Crippen molar-refractivity contribution in [2.75, 3.05) is 11.9 Å². The van der Waals surface area contributed by atoms with Gasteiger partial charge in [-0.25, -0.2) is 4.79 Å². The molecule has 0 aliphatic rings. The van der Waals surface area contributed by atoms with E-state index in [0.29, 0.717) is 28.5 Å². The first-order valence-electron chi connectivity index (χ1n) is 8.12. The molecule has 0 amide bonds. The number of para-hydroxylation sites is 1. The summed E-state index contributed by atoms with van der Waals surface area (Å²) in [4.78, 5) is 17.0. The van der Waals surface area contributed by atoms with E-state index in [4.69, 9.17) is 16.0 Å². The van der Waals surface area contributed by atoms with Gasteiger partial charge in [0.15, 0.2) is 0 Å². The summed E-state index contributed by atoms with van der Waals surface area (Å²) in [6.07, 6.45) is 2.51. The average Bonchev–Trinajstić information content (AvgIpc) is 3.10. The number of benzene rings is 2. The van der Waals surface area contributed by atoms with Gasteiger partial charge in [0.25, 0.3) is 0 Å². The van der Waals surface area contributed by atoms with Gasteiger partial charge in [0.05, 0.1) is 27.9 Å². The van der Waals surface area contributed by atoms with Crippen molar-refractivity contribution < 1.29 is 4.42 Å². The fourth-order valence-corrected chi connectivity index (χ4v) is 3.24. The van der Waals surface area contributed by atoms with E-state index in [1.54, 1.807) is 16.9 Å². The maximum absolute atomic E-state index is 12.7. The van der Waals surface area contributed by atoms with Crippen LogP contribution in [0.15, 0.2) is 57.9 Å². The van der Waals surface area contributed by atoms with Gasteiger partial charge in [0.2, 0.25) is 0 Å². The number of nitrogens with one attached hydrogen (secondary N) is 1. The summed E-state index contributed by atoms with van der Waals surface area (Å²) < 4.78 is 7.24. The van der Waals surface area contributed by atoms with Crippen molar-refractivity contribution >= 4 is 39.3 Å². The fourth-order valence-electron chi connectivity index (χ4n) is 2.98. The Hall–Kier alpha value is -2.79. The van der Waals surface area contributed by atoms with Crippen LogP contribution in [0.2, 0.25) is 5.02 Å². The number of nitrogens with zero attached hydrogens (tertiary/aromatic N) is 2. The van der Waals surface area contributed by atoms with E-state index < -0.39 is 0 Å². The van der Waals surface area contributed by atoms with Crippen LogP contribution in [0.5, 0.6) is 0 Å². The normalized spacial score (nSPS) is 11.3. The molecule has 126 valence electrons. The Kier molecular flexibility index (Phi) is 3.93. The minimum absolute atomic E-state index is 0.362. The van der Waals surface area contributed by atoms with E-state index in [0.717, 1.165) is 22.9 Å². The highest BCUT2D eigenvalue weighted by atomic mass is 35.5. The van der Waals surface area contributed by atoms with Crippen LogP contribution in [0.3, 0.4) is 0 Å². The molecule has 4 aromatic rings. The molecule has 0 aliphatic carbocycles. The van der Waals surface area contributed by atoms with Gasteiger partial charge in [-0.1, -0.05) is 36.7 Å². The highest BCUT2D eigenvalue weighted by Crippen LogP contribution is 2.35. The van der Waals surface area contributed by atoms with Crippen LogP contribution in [-0.4, -0.2) is 16.1 Å². The lowest BCUT2D eigenvalue weighted by molar-refractivity contribution is 0.619. The maximum Gasteiger partial charge on any atom is 0.354 e. The van der Waals surface area contributed by atoms with Gasteiger partial charge < -0.3 is 9.73 Å². The second-order valence-corrected chi connectivity index (χ2v) is 6.16. The van der Waals surface area contributed by atoms with E-state index in [1.165, 1.54) is 0 Å². The molecule has 25 heavy (non-hydrogen) atoms. The second kappa shape index (κ2) is 6.26. The van der Waals surface area contributed by atoms with Crippen molar-refractivity contribution in [1.29, 1.82) is 0 Å². The SMILES string of the molecule is CCCNc1nc(=O)n(-c2ccccc2)c2cc(Cl)c3ccoc3c12. The predicted octanol–water partition coefficient (Wildman–Crippen LogP) is 4.61. The standard InChI is InChI=1S/C19H16ClN3O2/c1-2-9-21-18-16-15(11-14(20)13-8-10-25-17(13)16)23(19(24)22-18)12-6-4-3-5-7-12/h3-8,10-11H,2,9H2,1H3,(H,21,22,24). The van der Waals surface area contributed by atoms with Crippen molar-refractivity contribution in [3.8, 4) is 5.69 Å². The smallest absolute Gasteiger partial charge is 0.354 e. The highest BCUT2D eigenvalue weighted by molar-refractivity contribution is 6.37. The summed E-state index contributed by atoms with van der Waals surface area (Å²) in [5.74, 6) is 0.519. The van der Waals surface area contributed by atoms with Crippen LogP contribution in [0.4, 0.5) is 5.82 Å². The lowest BCUT2D eigenvalue weighted by atomic mass is 10.1. The fraction of sp³-hybridized carbons (Fsp3) is 0.158. The number of anilines is 1. The summed E-state index contributed by atoms with van der Waals surface area (Å²) in [6.45, 7) is 2.77. The molecule has 4 rings (SSSR count). The van der Waals surface area contributed by atoms with Crippen molar-refractivity contribution in [2.24, 2.45) is 0 Å². The Balaban J connectivity index is 2.16. The minimum atomic E-state index is -0.362. The van der Waals surface area contributed by atoms with Crippen LogP contribution in [0.25, 0.3) is 27.6 Å². The molecule has 0 aliphatic heterocycles. The van der Waals surface area contributed by atoms with Crippen molar-refractivity contribution in [3.63, 3.8) is 0 Å². The molecule has 2 aromatic heterocycles. The number of aromatic nitrogens is 2. The van der Waals surface area contributed by atoms with Gasteiger partial charge in [-0.3, -0.25) is 4.57 Å². The van der Waals surface area contributed by atoms with E-state index in [-0.39, 0.29) is 5.69 Å². The number of halogens is 1. The number of hydrogen-bond donors (Lipinski definition) is 1. The molecule has 0 saturated heterocycles. The van der Waals surface area contributed by atoms with Crippen LogP contribution < -0.4 is 11.0 Å². The van der Waals surface area contributed by atoms with E-state index >= 15 is 0 Å². The van der Waals surface area contributed by atoms with Gasteiger partial charge in [0, 0.05) is 11.9 Å². The van der Waals surface area contributed by atoms with Crippen molar-refractivity contribution in [1.82, 2.24) is 9.55 Å². The minimum Gasteiger partial charge on any atom is -0.463 e. The molecule has 2 heterocycles. The lowest BCUT2D eigenvalue weighted by Gasteiger charge is -2.14. The molecule has 0 bridgehead atoms. The summed E-state index contributed by atoms with van der Waals surface area (Å²) in [7, 11) is 0. The molecule has 5 nitrogen and oxygen atoms in total. The summed E-state index contributed by atoms with van der Waals surface area (Å²) in [5, 5.41) is 5.32. The van der Waals surface area contributed by atoms with Crippen molar-refractivity contribution in [2.45, 2.75) is 13.3 Å². The van der Waals surface area contributed by atoms with Crippen LogP contribution in [-0.2, 0) is 0 Å². The summed E-state index contributed by atoms with van der Waals surface area (Å²) in [5.41, 5.74) is 1.66. The first-order valence-corrected chi connectivity index (χ1v) is 8.50. The summed E-state index contributed by atoms with van der Waals surface area (Å²) >= 11 is 6.43. The third-order valence-electron chi connectivity index (χ3n) is 4.10. The molecule has 2 aromatic carbocycles.